The van der Waals surface area contributed by atoms with Crippen molar-refractivity contribution in [1.82, 2.24) is 9.97 Å². The molecule has 6 nitrogen and oxygen atoms in total. The van der Waals surface area contributed by atoms with E-state index < -0.39 is 0 Å². The van der Waals surface area contributed by atoms with Crippen LogP contribution in [0.5, 0.6) is 0 Å². The Hall–Kier alpha value is -1.96. The lowest BCUT2D eigenvalue weighted by Gasteiger charge is -2.27. The molecule has 162 valence electrons. The molecule has 2 aromatic rings. The maximum atomic E-state index is 14.3. The van der Waals surface area contributed by atoms with Gasteiger partial charge in [-0.25, -0.2) is 14.4 Å². The molecule has 1 aliphatic carbocycles. The van der Waals surface area contributed by atoms with Gasteiger partial charge in [0, 0.05) is 43.6 Å². The van der Waals surface area contributed by atoms with Gasteiger partial charge < -0.3 is 21.1 Å². The van der Waals surface area contributed by atoms with Gasteiger partial charge in [-0.15, -0.1) is 0 Å². The summed E-state index contributed by atoms with van der Waals surface area (Å²) in [6.45, 7) is 2.20. The Balaban J connectivity index is 1.48. The van der Waals surface area contributed by atoms with Gasteiger partial charge in [-0.3, -0.25) is 0 Å². The summed E-state index contributed by atoms with van der Waals surface area (Å²) in [6, 6.07) is 5.62. The van der Waals surface area contributed by atoms with E-state index in [1.165, 1.54) is 6.07 Å². The first-order chi connectivity index (χ1) is 14.6. The van der Waals surface area contributed by atoms with Gasteiger partial charge in [0.25, 0.3) is 0 Å². The first-order valence-corrected chi connectivity index (χ1v) is 11.1. The minimum absolute atomic E-state index is 0.252. The zero-order valence-electron chi connectivity index (χ0n) is 17.0. The number of ether oxygens (including phenoxy) is 1. The molecule has 4 rings (SSSR count). The third-order valence-corrected chi connectivity index (χ3v) is 6.30. The highest BCUT2D eigenvalue weighted by Crippen LogP contribution is 2.31. The van der Waals surface area contributed by atoms with E-state index in [1.807, 2.05) is 6.07 Å². The lowest BCUT2D eigenvalue weighted by molar-refractivity contribution is 0.0699. The molecule has 2 aromatic heterocycles. The second-order valence-electron chi connectivity index (χ2n) is 8.27. The number of halogens is 2. The van der Waals surface area contributed by atoms with E-state index in [-0.39, 0.29) is 11.6 Å². The minimum Gasteiger partial charge on any atom is -0.381 e. The molecule has 2 aliphatic rings. The predicted molar refractivity (Wildman–Crippen MR) is 118 cm³/mol. The summed E-state index contributed by atoms with van der Waals surface area (Å²) in [4.78, 5) is 8.92. The quantitative estimate of drug-likeness (QED) is 0.623. The molecule has 1 saturated carbocycles. The Morgan fingerprint density at radius 2 is 1.90 bits per heavy atom. The predicted octanol–water partition coefficient (Wildman–Crippen LogP) is 4.46. The summed E-state index contributed by atoms with van der Waals surface area (Å²) in [6.07, 6.45) is 7.65. The molecular formula is C22H29ClFN5O. The van der Waals surface area contributed by atoms with E-state index in [0.717, 1.165) is 63.1 Å². The zero-order chi connectivity index (χ0) is 20.9. The van der Waals surface area contributed by atoms with Crippen LogP contribution in [0, 0.1) is 11.7 Å². The maximum absolute atomic E-state index is 14.3. The third-order valence-electron chi connectivity index (χ3n) is 6.00. The standard InChI is InChI=1S/C22H29ClFN5O/c23-18-13-26-21(28-16-3-1-15(25)2-4-16)11-17(18)20-6-5-19(24)22(29-20)27-12-14-7-9-30-10-8-14/h5-6,11,13-16H,1-4,7-10,12,25H2,(H,26,28)(H,27,29). The van der Waals surface area contributed by atoms with Crippen LogP contribution in [-0.4, -0.2) is 41.8 Å². The SMILES string of the molecule is NC1CCC(Nc2cc(-c3ccc(F)c(NCC4CCOCC4)n3)c(Cl)cn2)CC1. The third kappa shape index (κ3) is 5.39. The summed E-state index contributed by atoms with van der Waals surface area (Å²) in [7, 11) is 0. The number of anilines is 2. The van der Waals surface area contributed by atoms with Crippen LogP contribution in [0.15, 0.2) is 24.4 Å². The molecule has 0 radical (unpaired) electrons. The number of nitrogens with one attached hydrogen (secondary N) is 2. The molecule has 0 unspecified atom stereocenters. The lowest BCUT2D eigenvalue weighted by Crippen LogP contribution is -2.33. The summed E-state index contributed by atoms with van der Waals surface area (Å²) < 4.78 is 19.7. The Morgan fingerprint density at radius 3 is 2.67 bits per heavy atom. The van der Waals surface area contributed by atoms with Crippen molar-refractivity contribution in [2.75, 3.05) is 30.4 Å². The monoisotopic (exact) mass is 433 g/mol. The van der Waals surface area contributed by atoms with Crippen molar-refractivity contribution in [1.29, 1.82) is 0 Å². The minimum atomic E-state index is -0.368. The molecule has 4 N–H and O–H groups in total. The van der Waals surface area contributed by atoms with E-state index in [1.54, 1.807) is 12.3 Å². The zero-order valence-corrected chi connectivity index (χ0v) is 17.8. The number of pyridine rings is 2. The van der Waals surface area contributed by atoms with E-state index in [2.05, 4.69) is 20.6 Å². The first-order valence-electron chi connectivity index (χ1n) is 10.7. The van der Waals surface area contributed by atoms with Gasteiger partial charge >= 0.3 is 0 Å². The summed E-state index contributed by atoms with van der Waals surface area (Å²) in [5, 5.41) is 7.13. The molecule has 0 aromatic carbocycles. The molecule has 30 heavy (non-hydrogen) atoms. The maximum Gasteiger partial charge on any atom is 0.165 e. The van der Waals surface area contributed by atoms with Crippen molar-refractivity contribution in [2.45, 2.75) is 50.6 Å². The molecule has 1 saturated heterocycles. The summed E-state index contributed by atoms with van der Waals surface area (Å²) in [5.74, 6) is 1.10. The van der Waals surface area contributed by atoms with Gasteiger partial charge in [-0.2, -0.15) is 0 Å². The van der Waals surface area contributed by atoms with E-state index in [0.29, 0.717) is 35.3 Å². The van der Waals surface area contributed by atoms with Crippen LogP contribution in [0.4, 0.5) is 16.0 Å². The van der Waals surface area contributed by atoms with Crippen molar-refractivity contribution in [3.63, 3.8) is 0 Å². The van der Waals surface area contributed by atoms with Crippen molar-refractivity contribution in [3.8, 4) is 11.3 Å². The molecule has 0 bridgehead atoms. The average Bonchev–Trinajstić information content (AvgIpc) is 2.77. The Morgan fingerprint density at radius 1 is 1.13 bits per heavy atom. The fourth-order valence-corrected chi connectivity index (χ4v) is 4.29. The largest absolute Gasteiger partial charge is 0.381 e. The van der Waals surface area contributed by atoms with E-state index in [4.69, 9.17) is 22.1 Å². The number of aromatic nitrogens is 2. The number of hydrogen-bond acceptors (Lipinski definition) is 6. The van der Waals surface area contributed by atoms with Crippen molar-refractivity contribution in [3.05, 3.63) is 35.2 Å². The molecule has 0 amide bonds. The van der Waals surface area contributed by atoms with Crippen LogP contribution in [0.2, 0.25) is 5.02 Å². The molecule has 2 fully saturated rings. The number of hydrogen-bond donors (Lipinski definition) is 3. The van der Waals surface area contributed by atoms with Gasteiger partial charge in [0.05, 0.1) is 10.7 Å². The highest BCUT2D eigenvalue weighted by molar-refractivity contribution is 6.33. The normalized spacial score (nSPS) is 22.6. The Kier molecular flexibility index (Phi) is 7.02. The second kappa shape index (κ2) is 9.90. The topological polar surface area (TPSA) is 85.1 Å². The van der Waals surface area contributed by atoms with Crippen molar-refractivity contribution >= 4 is 23.2 Å². The fraction of sp³-hybridized carbons (Fsp3) is 0.545. The molecular weight excluding hydrogens is 405 g/mol. The fourth-order valence-electron chi connectivity index (χ4n) is 4.09. The van der Waals surface area contributed by atoms with Gasteiger partial charge in [0.15, 0.2) is 11.6 Å². The molecule has 3 heterocycles. The number of rotatable bonds is 6. The van der Waals surface area contributed by atoms with E-state index >= 15 is 0 Å². The van der Waals surface area contributed by atoms with Crippen LogP contribution in [0.1, 0.15) is 38.5 Å². The van der Waals surface area contributed by atoms with Gasteiger partial charge in [-0.1, -0.05) is 11.6 Å². The summed E-state index contributed by atoms with van der Waals surface area (Å²) in [5.41, 5.74) is 7.35. The highest BCUT2D eigenvalue weighted by atomic mass is 35.5. The van der Waals surface area contributed by atoms with E-state index in [9.17, 15) is 4.39 Å². The van der Waals surface area contributed by atoms with Crippen LogP contribution >= 0.6 is 11.6 Å². The molecule has 1 aliphatic heterocycles. The van der Waals surface area contributed by atoms with Gasteiger partial charge in [-0.05, 0) is 62.6 Å². The van der Waals surface area contributed by atoms with Crippen molar-refractivity contribution < 1.29 is 9.13 Å². The van der Waals surface area contributed by atoms with Crippen LogP contribution in [-0.2, 0) is 4.74 Å². The molecule has 0 atom stereocenters. The van der Waals surface area contributed by atoms with Crippen LogP contribution in [0.25, 0.3) is 11.3 Å². The van der Waals surface area contributed by atoms with Crippen LogP contribution < -0.4 is 16.4 Å². The Labute approximate surface area is 181 Å². The van der Waals surface area contributed by atoms with Gasteiger partial charge in [0.1, 0.15) is 5.82 Å². The summed E-state index contributed by atoms with van der Waals surface area (Å²) >= 11 is 6.41. The highest BCUT2D eigenvalue weighted by Gasteiger charge is 2.20. The average molecular weight is 434 g/mol. The molecule has 0 spiro atoms. The number of nitrogens with zero attached hydrogens (tertiary/aromatic N) is 2. The lowest BCUT2D eigenvalue weighted by atomic mass is 9.92. The van der Waals surface area contributed by atoms with Gasteiger partial charge in [0.2, 0.25) is 0 Å². The van der Waals surface area contributed by atoms with Crippen molar-refractivity contribution in [2.24, 2.45) is 11.7 Å². The second-order valence-corrected chi connectivity index (χ2v) is 8.68. The van der Waals surface area contributed by atoms with Crippen LogP contribution in [0.3, 0.4) is 0 Å². The number of nitrogens with two attached hydrogens (primary N) is 1. The smallest absolute Gasteiger partial charge is 0.165 e. The molecule has 8 heteroatoms. The first kappa shape index (κ1) is 21.3. The Bertz CT molecular complexity index is 853.